The van der Waals surface area contributed by atoms with Gasteiger partial charge in [0.25, 0.3) is 0 Å². The molecule has 1 atom stereocenters. The van der Waals surface area contributed by atoms with E-state index in [-0.39, 0.29) is 12.8 Å². The molecule has 6 nitrogen and oxygen atoms in total. The van der Waals surface area contributed by atoms with Crippen LogP contribution >= 0.6 is 0 Å². The fourth-order valence-corrected chi connectivity index (χ4v) is 2.94. The molecule has 2 heterocycles. The normalized spacial score (nSPS) is 20.9. The Morgan fingerprint density at radius 3 is 2.71 bits per heavy atom. The lowest BCUT2D eigenvalue weighted by molar-refractivity contribution is -0.155. The van der Waals surface area contributed by atoms with Gasteiger partial charge >= 0.3 is 5.97 Å². The molecule has 6 heteroatoms. The Kier molecular flexibility index (Phi) is 3.73. The van der Waals surface area contributed by atoms with Crippen molar-refractivity contribution in [1.82, 2.24) is 10.2 Å². The monoisotopic (exact) mass is 292 g/mol. The highest BCUT2D eigenvalue weighted by atomic mass is 16.7. The van der Waals surface area contributed by atoms with E-state index >= 15 is 0 Å². The van der Waals surface area contributed by atoms with Gasteiger partial charge in [-0.3, -0.25) is 4.90 Å². The average molecular weight is 292 g/mol. The predicted octanol–water partition coefficient (Wildman–Crippen LogP) is 0.709. The van der Waals surface area contributed by atoms with Crippen LogP contribution in [0.4, 0.5) is 0 Å². The molecule has 2 aliphatic rings. The average Bonchev–Trinajstić information content (AvgIpc) is 3.01. The van der Waals surface area contributed by atoms with E-state index in [0.29, 0.717) is 11.5 Å². The summed E-state index contributed by atoms with van der Waals surface area (Å²) in [4.78, 5) is 14.6. The molecular formula is C15H20N2O4. The molecule has 3 rings (SSSR count). The predicted molar refractivity (Wildman–Crippen MR) is 76.4 cm³/mol. The van der Waals surface area contributed by atoms with E-state index in [1.54, 1.807) is 0 Å². The summed E-state index contributed by atoms with van der Waals surface area (Å²) in [5.41, 5.74) is 0.0400. The summed E-state index contributed by atoms with van der Waals surface area (Å²) >= 11 is 0. The van der Waals surface area contributed by atoms with Crippen molar-refractivity contribution in [2.45, 2.75) is 12.5 Å². The Labute approximate surface area is 124 Å². The van der Waals surface area contributed by atoms with Crippen LogP contribution in [-0.4, -0.2) is 51.0 Å². The second kappa shape index (κ2) is 5.54. The third kappa shape index (κ3) is 2.34. The molecule has 1 saturated heterocycles. The SMILES string of the molecule is COC(=O)C(C)(c1ccc2c(c1)OCO2)N1CCNCC1. The van der Waals surface area contributed by atoms with Crippen LogP contribution in [0, 0.1) is 0 Å². The fourth-order valence-electron chi connectivity index (χ4n) is 2.94. The lowest BCUT2D eigenvalue weighted by Gasteiger charge is -2.41. The zero-order valence-electron chi connectivity index (χ0n) is 12.3. The number of nitrogens with zero attached hydrogens (tertiary/aromatic N) is 1. The number of benzene rings is 1. The maximum Gasteiger partial charge on any atom is 0.330 e. The molecule has 114 valence electrons. The summed E-state index contributed by atoms with van der Waals surface area (Å²) in [5.74, 6) is 1.13. The third-order valence-corrected chi connectivity index (χ3v) is 4.27. The first-order chi connectivity index (χ1) is 10.2. The van der Waals surface area contributed by atoms with Gasteiger partial charge in [0.2, 0.25) is 6.79 Å². The van der Waals surface area contributed by atoms with E-state index in [1.165, 1.54) is 7.11 Å². The number of rotatable bonds is 3. The molecule has 0 aliphatic carbocycles. The largest absolute Gasteiger partial charge is 0.467 e. The number of esters is 1. The lowest BCUT2D eigenvalue weighted by atomic mass is 9.89. The van der Waals surface area contributed by atoms with Crippen LogP contribution in [0.15, 0.2) is 18.2 Å². The van der Waals surface area contributed by atoms with Crippen LogP contribution in [0.1, 0.15) is 12.5 Å². The Hall–Kier alpha value is -1.79. The van der Waals surface area contributed by atoms with Gasteiger partial charge in [-0.05, 0) is 24.6 Å². The Bertz CT molecular complexity index is 542. The van der Waals surface area contributed by atoms with Crippen molar-refractivity contribution in [2.24, 2.45) is 0 Å². The van der Waals surface area contributed by atoms with E-state index in [0.717, 1.165) is 31.7 Å². The minimum absolute atomic E-state index is 0.224. The Morgan fingerprint density at radius 2 is 2.00 bits per heavy atom. The zero-order chi connectivity index (χ0) is 14.9. The minimum Gasteiger partial charge on any atom is -0.467 e. The standard InChI is InChI=1S/C15H20N2O4/c1-15(14(18)19-2,17-7-5-16-6-8-17)11-3-4-12-13(9-11)21-10-20-12/h3-4,9,16H,5-8,10H2,1-2H3. The summed E-state index contributed by atoms with van der Waals surface area (Å²) in [6.07, 6.45) is 0. The van der Waals surface area contributed by atoms with Crippen LogP contribution in [0.25, 0.3) is 0 Å². The molecule has 0 saturated carbocycles. The van der Waals surface area contributed by atoms with E-state index in [1.807, 2.05) is 25.1 Å². The van der Waals surface area contributed by atoms with Gasteiger partial charge in [-0.2, -0.15) is 0 Å². The van der Waals surface area contributed by atoms with Crippen LogP contribution in [0.3, 0.4) is 0 Å². The van der Waals surface area contributed by atoms with Crippen LogP contribution in [-0.2, 0) is 15.1 Å². The molecule has 0 radical (unpaired) electrons. The summed E-state index contributed by atoms with van der Waals surface area (Å²) in [6, 6.07) is 5.63. The van der Waals surface area contributed by atoms with E-state index in [4.69, 9.17) is 14.2 Å². The van der Waals surface area contributed by atoms with E-state index in [2.05, 4.69) is 10.2 Å². The van der Waals surface area contributed by atoms with Gasteiger partial charge in [-0.1, -0.05) is 6.07 Å². The van der Waals surface area contributed by atoms with Gasteiger partial charge < -0.3 is 19.5 Å². The van der Waals surface area contributed by atoms with E-state index < -0.39 is 5.54 Å². The van der Waals surface area contributed by atoms with Gasteiger partial charge in [0, 0.05) is 26.2 Å². The topological polar surface area (TPSA) is 60.0 Å². The van der Waals surface area contributed by atoms with Crippen molar-refractivity contribution in [3.8, 4) is 11.5 Å². The molecule has 2 aliphatic heterocycles. The molecule has 1 N–H and O–H groups in total. The molecule has 1 aromatic carbocycles. The second-order valence-corrected chi connectivity index (χ2v) is 5.37. The van der Waals surface area contributed by atoms with Crippen molar-refractivity contribution in [2.75, 3.05) is 40.1 Å². The van der Waals surface area contributed by atoms with Gasteiger partial charge in [0.05, 0.1) is 7.11 Å². The molecular weight excluding hydrogens is 272 g/mol. The molecule has 0 aromatic heterocycles. The zero-order valence-corrected chi connectivity index (χ0v) is 12.3. The third-order valence-electron chi connectivity index (χ3n) is 4.27. The summed E-state index contributed by atoms with van der Waals surface area (Å²) in [7, 11) is 1.43. The number of carbonyl (C=O) groups excluding carboxylic acids is 1. The highest BCUT2D eigenvalue weighted by molar-refractivity contribution is 5.82. The van der Waals surface area contributed by atoms with E-state index in [9.17, 15) is 4.79 Å². The lowest BCUT2D eigenvalue weighted by Crippen LogP contribution is -2.57. The number of ether oxygens (including phenoxy) is 3. The maximum absolute atomic E-state index is 12.5. The van der Waals surface area contributed by atoms with Crippen LogP contribution in [0.5, 0.6) is 11.5 Å². The number of carbonyl (C=O) groups is 1. The molecule has 0 amide bonds. The highest BCUT2D eigenvalue weighted by Gasteiger charge is 2.43. The summed E-state index contributed by atoms with van der Waals surface area (Å²) in [6.45, 7) is 5.43. The molecule has 1 unspecified atom stereocenters. The first-order valence-electron chi connectivity index (χ1n) is 7.10. The van der Waals surface area contributed by atoms with Crippen LogP contribution in [0.2, 0.25) is 0 Å². The van der Waals surface area contributed by atoms with Gasteiger partial charge in [-0.15, -0.1) is 0 Å². The van der Waals surface area contributed by atoms with Crippen molar-refractivity contribution in [3.63, 3.8) is 0 Å². The summed E-state index contributed by atoms with van der Waals surface area (Å²) < 4.78 is 15.8. The number of nitrogens with one attached hydrogen (secondary N) is 1. The van der Waals surface area contributed by atoms with Gasteiger partial charge in [-0.25, -0.2) is 4.79 Å². The number of piperazine rings is 1. The highest BCUT2D eigenvalue weighted by Crippen LogP contribution is 2.38. The number of fused-ring (bicyclic) bond motifs is 1. The van der Waals surface area contributed by atoms with Crippen molar-refractivity contribution >= 4 is 5.97 Å². The van der Waals surface area contributed by atoms with Crippen molar-refractivity contribution in [1.29, 1.82) is 0 Å². The van der Waals surface area contributed by atoms with Crippen molar-refractivity contribution in [3.05, 3.63) is 23.8 Å². The van der Waals surface area contributed by atoms with Crippen molar-refractivity contribution < 1.29 is 19.0 Å². The number of methoxy groups -OCH3 is 1. The quantitative estimate of drug-likeness (QED) is 0.828. The van der Waals surface area contributed by atoms with Gasteiger partial charge in [0.1, 0.15) is 5.54 Å². The maximum atomic E-state index is 12.5. The van der Waals surface area contributed by atoms with Crippen LogP contribution < -0.4 is 14.8 Å². The second-order valence-electron chi connectivity index (χ2n) is 5.37. The first kappa shape index (κ1) is 14.2. The molecule has 0 bridgehead atoms. The molecule has 21 heavy (non-hydrogen) atoms. The minimum atomic E-state index is -0.822. The number of hydrogen-bond donors (Lipinski definition) is 1. The fraction of sp³-hybridized carbons (Fsp3) is 0.533. The van der Waals surface area contributed by atoms with Gasteiger partial charge in [0.15, 0.2) is 11.5 Å². The Balaban J connectivity index is 2.00. The smallest absolute Gasteiger partial charge is 0.330 e. The Morgan fingerprint density at radius 1 is 1.29 bits per heavy atom. The summed E-state index contributed by atoms with van der Waals surface area (Å²) in [5, 5.41) is 3.30. The number of hydrogen-bond acceptors (Lipinski definition) is 6. The molecule has 1 aromatic rings. The molecule has 1 fully saturated rings. The molecule has 0 spiro atoms. The first-order valence-corrected chi connectivity index (χ1v) is 7.10.